The van der Waals surface area contributed by atoms with Crippen LogP contribution in [0.2, 0.25) is 0 Å². The first kappa shape index (κ1) is 7.98. The normalized spacial score (nSPS) is 23.6. The van der Waals surface area contributed by atoms with Crippen molar-refractivity contribution in [2.75, 3.05) is 0 Å². The quantitative estimate of drug-likeness (QED) is 0.645. The van der Waals surface area contributed by atoms with Crippen molar-refractivity contribution < 1.29 is 14.7 Å². The Bertz CT molecular complexity index is 205. The molecule has 0 amide bonds. The SMILES string of the molecule is O=C(O)C[C@@H]1C=CC(=O)CC1. The molecule has 0 saturated heterocycles. The van der Waals surface area contributed by atoms with Crippen molar-refractivity contribution in [2.24, 2.45) is 5.92 Å². The van der Waals surface area contributed by atoms with Crippen molar-refractivity contribution >= 4 is 11.8 Å². The van der Waals surface area contributed by atoms with E-state index in [0.29, 0.717) is 12.8 Å². The third-order valence-corrected chi connectivity index (χ3v) is 1.75. The summed E-state index contributed by atoms with van der Waals surface area (Å²) in [5.41, 5.74) is 0. The van der Waals surface area contributed by atoms with Gasteiger partial charge in [0.25, 0.3) is 0 Å². The molecule has 1 atom stereocenters. The van der Waals surface area contributed by atoms with Gasteiger partial charge in [0, 0.05) is 6.42 Å². The average molecular weight is 154 g/mol. The third-order valence-electron chi connectivity index (χ3n) is 1.75. The zero-order valence-corrected chi connectivity index (χ0v) is 6.12. The van der Waals surface area contributed by atoms with Gasteiger partial charge in [-0.2, -0.15) is 0 Å². The number of carbonyl (C=O) groups is 2. The summed E-state index contributed by atoms with van der Waals surface area (Å²) in [6.07, 6.45) is 4.50. The highest BCUT2D eigenvalue weighted by Gasteiger charge is 2.15. The molecule has 0 bridgehead atoms. The zero-order chi connectivity index (χ0) is 8.27. The first-order chi connectivity index (χ1) is 5.18. The van der Waals surface area contributed by atoms with E-state index in [1.165, 1.54) is 6.08 Å². The van der Waals surface area contributed by atoms with Crippen molar-refractivity contribution in [1.82, 2.24) is 0 Å². The second kappa shape index (κ2) is 3.32. The summed E-state index contributed by atoms with van der Waals surface area (Å²) in [4.78, 5) is 20.9. The van der Waals surface area contributed by atoms with Crippen LogP contribution >= 0.6 is 0 Å². The molecule has 0 aromatic rings. The maximum Gasteiger partial charge on any atom is 0.303 e. The maximum absolute atomic E-state index is 10.7. The van der Waals surface area contributed by atoms with Gasteiger partial charge in [0.2, 0.25) is 0 Å². The van der Waals surface area contributed by atoms with E-state index in [0.717, 1.165) is 0 Å². The summed E-state index contributed by atoms with van der Waals surface area (Å²) < 4.78 is 0. The van der Waals surface area contributed by atoms with Crippen LogP contribution in [-0.2, 0) is 9.59 Å². The predicted octanol–water partition coefficient (Wildman–Crippen LogP) is 0.996. The fourth-order valence-corrected chi connectivity index (χ4v) is 1.15. The van der Waals surface area contributed by atoms with E-state index in [9.17, 15) is 9.59 Å². The van der Waals surface area contributed by atoms with Crippen molar-refractivity contribution in [2.45, 2.75) is 19.3 Å². The molecule has 0 fully saturated rings. The van der Waals surface area contributed by atoms with Crippen LogP contribution in [0.3, 0.4) is 0 Å². The van der Waals surface area contributed by atoms with Crippen molar-refractivity contribution in [3.63, 3.8) is 0 Å². The van der Waals surface area contributed by atoms with Crippen molar-refractivity contribution in [3.8, 4) is 0 Å². The smallest absolute Gasteiger partial charge is 0.303 e. The Hall–Kier alpha value is -1.12. The molecule has 0 aromatic heterocycles. The molecule has 1 N–H and O–H groups in total. The van der Waals surface area contributed by atoms with Gasteiger partial charge >= 0.3 is 5.97 Å². The van der Waals surface area contributed by atoms with Crippen LogP contribution in [0, 0.1) is 5.92 Å². The van der Waals surface area contributed by atoms with E-state index < -0.39 is 5.97 Å². The van der Waals surface area contributed by atoms with Crippen molar-refractivity contribution in [3.05, 3.63) is 12.2 Å². The number of rotatable bonds is 2. The highest BCUT2D eigenvalue weighted by atomic mass is 16.4. The van der Waals surface area contributed by atoms with Crippen LogP contribution in [0.1, 0.15) is 19.3 Å². The van der Waals surface area contributed by atoms with E-state index in [-0.39, 0.29) is 18.1 Å². The summed E-state index contributed by atoms with van der Waals surface area (Å²) in [5, 5.41) is 8.41. The van der Waals surface area contributed by atoms with Gasteiger partial charge in [-0.25, -0.2) is 0 Å². The Labute approximate surface area is 64.7 Å². The molecule has 60 valence electrons. The largest absolute Gasteiger partial charge is 0.481 e. The van der Waals surface area contributed by atoms with Gasteiger partial charge < -0.3 is 5.11 Å². The first-order valence-electron chi connectivity index (χ1n) is 3.61. The Balaban J connectivity index is 2.44. The highest BCUT2D eigenvalue weighted by Crippen LogP contribution is 2.17. The lowest BCUT2D eigenvalue weighted by atomic mass is 9.93. The maximum atomic E-state index is 10.7. The first-order valence-corrected chi connectivity index (χ1v) is 3.61. The molecular weight excluding hydrogens is 144 g/mol. The number of aliphatic carboxylic acids is 1. The molecule has 11 heavy (non-hydrogen) atoms. The molecule has 0 aromatic carbocycles. The Morgan fingerprint density at radius 2 is 2.45 bits per heavy atom. The number of carboxylic acids is 1. The fourth-order valence-electron chi connectivity index (χ4n) is 1.15. The second-order valence-corrected chi connectivity index (χ2v) is 2.72. The van der Waals surface area contributed by atoms with Gasteiger partial charge in [-0.15, -0.1) is 0 Å². The molecule has 1 aliphatic rings. The van der Waals surface area contributed by atoms with E-state index in [4.69, 9.17) is 5.11 Å². The van der Waals surface area contributed by atoms with Crippen LogP contribution in [0.4, 0.5) is 0 Å². The molecule has 3 heteroatoms. The second-order valence-electron chi connectivity index (χ2n) is 2.72. The molecule has 0 spiro atoms. The van der Waals surface area contributed by atoms with Gasteiger partial charge in [0.15, 0.2) is 5.78 Å². The highest BCUT2D eigenvalue weighted by molar-refractivity contribution is 5.90. The Kier molecular flexibility index (Phi) is 2.41. The lowest BCUT2D eigenvalue weighted by Gasteiger charge is -2.12. The van der Waals surface area contributed by atoms with E-state index in [2.05, 4.69) is 0 Å². The number of hydrogen-bond donors (Lipinski definition) is 1. The monoisotopic (exact) mass is 154 g/mol. The Morgan fingerprint density at radius 3 is 2.91 bits per heavy atom. The van der Waals surface area contributed by atoms with Crippen LogP contribution in [-0.4, -0.2) is 16.9 Å². The number of hydrogen-bond acceptors (Lipinski definition) is 2. The summed E-state index contributed by atoms with van der Waals surface area (Å²) in [7, 11) is 0. The minimum absolute atomic E-state index is 0.0604. The number of carbonyl (C=O) groups excluding carboxylic acids is 1. The van der Waals surface area contributed by atoms with Crippen LogP contribution < -0.4 is 0 Å². The molecule has 0 radical (unpaired) electrons. The number of carboxylic acid groups (broad SMARTS) is 1. The standard InChI is InChI=1S/C8H10O3/c9-7-3-1-6(2-4-7)5-8(10)11/h1,3,6H,2,4-5H2,(H,10,11)/t6-/m1/s1. The number of allylic oxidation sites excluding steroid dienone is 2. The van der Waals surface area contributed by atoms with Gasteiger partial charge in [0.1, 0.15) is 0 Å². The molecule has 0 saturated carbocycles. The summed E-state index contributed by atoms with van der Waals surface area (Å²) in [5.74, 6) is -0.633. The van der Waals surface area contributed by atoms with Crippen LogP contribution in [0.15, 0.2) is 12.2 Å². The summed E-state index contributed by atoms with van der Waals surface area (Å²) in [6, 6.07) is 0. The summed E-state index contributed by atoms with van der Waals surface area (Å²) in [6.45, 7) is 0. The summed E-state index contributed by atoms with van der Waals surface area (Å²) >= 11 is 0. The van der Waals surface area contributed by atoms with Gasteiger partial charge in [-0.3, -0.25) is 9.59 Å². The van der Waals surface area contributed by atoms with E-state index >= 15 is 0 Å². The van der Waals surface area contributed by atoms with Gasteiger partial charge in [-0.05, 0) is 18.4 Å². The molecule has 3 nitrogen and oxygen atoms in total. The van der Waals surface area contributed by atoms with Crippen molar-refractivity contribution in [1.29, 1.82) is 0 Å². The predicted molar refractivity (Wildman–Crippen MR) is 39.1 cm³/mol. The molecule has 0 aliphatic heterocycles. The molecule has 0 heterocycles. The number of ketones is 1. The molecular formula is C8H10O3. The van der Waals surface area contributed by atoms with Gasteiger partial charge in [-0.1, -0.05) is 6.08 Å². The van der Waals surface area contributed by atoms with Gasteiger partial charge in [0.05, 0.1) is 6.42 Å². The molecule has 0 unspecified atom stereocenters. The lowest BCUT2D eigenvalue weighted by molar-refractivity contribution is -0.138. The minimum atomic E-state index is -0.797. The van der Waals surface area contributed by atoms with Crippen LogP contribution in [0.25, 0.3) is 0 Å². The average Bonchev–Trinajstić information content (AvgIpc) is 1.93. The van der Waals surface area contributed by atoms with E-state index in [1.807, 2.05) is 0 Å². The molecule has 1 rings (SSSR count). The third kappa shape index (κ3) is 2.53. The van der Waals surface area contributed by atoms with E-state index in [1.54, 1.807) is 6.08 Å². The van der Waals surface area contributed by atoms with Crippen LogP contribution in [0.5, 0.6) is 0 Å². The fraction of sp³-hybridized carbons (Fsp3) is 0.500. The topological polar surface area (TPSA) is 54.4 Å². The zero-order valence-electron chi connectivity index (χ0n) is 6.12. The Morgan fingerprint density at radius 1 is 1.73 bits per heavy atom. The molecule has 1 aliphatic carbocycles. The minimum Gasteiger partial charge on any atom is -0.481 e. The lowest BCUT2D eigenvalue weighted by Crippen LogP contribution is -2.11.